The van der Waals surface area contributed by atoms with Crippen molar-refractivity contribution in [3.8, 4) is 0 Å². The number of piperidine rings is 1. The van der Waals surface area contributed by atoms with Crippen LogP contribution in [0.15, 0.2) is 16.8 Å². The van der Waals surface area contributed by atoms with Gasteiger partial charge in [-0.15, -0.1) is 0 Å². The van der Waals surface area contributed by atoms with E-state index < -0.39 is 16.1 Å². The second-order valence-electron chi connectivity index (χ2n) is 5.36. The van der Waals surface area contributed by atoms with E-state index in [1.807, 2.05) is 16.8 Å². The SMILES string of the molecule is CS(=O)(=O)N1CCCC(CNCC(O)c2ccsc2)C1. The van der Waals surface area contributed by atoms with Gasteiger partial charge in [0.25, 0.3) is 0 Å². The summed E-state index contributed by atoms with van der Waals surface area (Å²) in [5.41, 5.74) is 0.934. The van der Waals surface area contributed by atoms with E-state index in [2.05, 4.69) is 5.32 Å². The summed E-state index contributed by atoms with van der Waals surface area (Å²) in [6.07, 6.45) is 2.72. The maximum Gasteiger partial charge on any atom is 0.211 e. The van der Waals surface area contributed by atoms with Crippen molar-refractivity contribution in [1.82, 2.24) is 9.62 Å². The fourth-order valence-corrected chi connectivity index (χ4v) is 4.15. The zero-order chi connectivity index (χ0) is 14.6. The molecular formula is C13H22N2O3S2. The topological polar surface area (TPSA) is 69.6 Å². The third-order valence-electron chi connectivity index (χ3n) is 3.65. The molecule has 1 fully saturated rings. The molecule has 1 saturated heterocycles. The number of hydrogen-bond acceptors (Lipinski definition) is 5. The van der Waals surface area contributed by atoms with Gasteiger partial charge in [0.05, 0.1) is 12.4 Å². The fourth-order valence-electron chi connectivity index (χ4n) is 2.50. The zero-order valence-electron chi connectivity index (χ0n) is 11.7. The first-order chi connectivity index (χ1) is 9.47. The highest BCUT2D eigenvalue weighted by molar-refractivity contribution is 7.88. The van der Waals surface area contributed by atoms with E-state index >= 15 is 0 Å². The Balaban J connectivity index is 1.74. The lowest BCUT2D eigenvalue weighted by Crippen LogP contribution is -2.42. The molecule has 20 heavy (non-hydrogen) atoms. The molecule has 2 unspecified atom stereocenters. The van der Waals surface area contributed by atoms with Crippen LogP contribution in [0.25, 0.3) is 0 Å². The van der Waals surface area contributed by atoms with Crippen LogP contribution in [-0.2, 0) is 10.0 Å². The van der Waals surface area contributed by atoms with Gasteiger partial charge in [0.2, 0.25) is 10.0 Å². The molecular weight excluding hydrogens is 296 g/mol. The minimum Gasteiger partial charge on any atom is -0.387 e. The van der Waals surface area contributed by atoms with Gasteiger partial charge in [0.15, 0.2) is 0 Å². The van der Waals surface area contributed by atoms with Crippen LogP contribution in [0, 0.1) is 5.92 Å². The molecule has 0 saturated carbocycles. The van der Waals surface area contributed by atoms with Gasteiger partial charge in [-0.3, -0.25) is 0 Å². The molecule has 0 spiro atoms. The van der Waals surface area contributed by atoms with E-state index in [0.717, 1.165) is 24.9 Å². The predicted octanol–water partition coefficient (Wildman–Crippen LogP) is 1.04. The monoisotopic (exact) mass is 318 g/mol. The summed E-state index contributed by atoms with van der Waals surface area (Å²) in [5, 5.41) is 17.1. The van der Waals surface area contributed by atoms with Gasteiger partial charge in [-0.1, -0.05) is 0 Å². The minimum absolute atomic E-state index is 0.327. The van der Waals surface area contributed by atoms with Gasteiger partial charge >= 0.3 is 0 Å². The van der Waals surface area contributed by atoms with Crippen molar-refractivity contribution in [2.75, 3.05) is 32.4 Å². The number of nitrogens with zero attached hydrogens (tertiary/aromatic N) is 1. The molecule has 2 heterocycles. The second kappa shape index (κ2) is 7.00. The van der Waals surface area contributed by atoms with E-state index in [1.165, 1.54) is 6.26 Å². The van der Waals surface area contributed by atoms with Crippen LogP contribution in [0.4, 0.5) is 0 Å². The molecule has 0 aromatic carbocycles. The molecule has 2 rings (SSSR count). The lowest BCUT2D eigenvalue weighted by Gasteiger charge is -2.31. The molecule has 0 aliphatic carbocycles. The summed E-state index contributed by atoms with van der Waals surface area (Å²) in [4.78, 5) is 0. The Morgan fingerprint density at radius 1 is 1.60 bits per heavy atom. The van der Waals surface area contributed by atoms with Gasteiger partial charge in [-0.2, -0.15) is 11.3 Å². The molecule has 2 N–H and O–H groups in total. The number of nitrogens with one attached hydrogen (secondary N) is 1. The zero-order valence-corrected chi connectivity index (χ0v) is 13.3. The van der Waals surface area contributed by atoms with E-state index in [9.17, 15) is 13.5 Å². The van der Waals surface area contributed by atoms with Crippen LogP contribution in [0.2, 0.25) is 0 Å². The Kier molecular flexibility index (Phi) is 5.57. The largest absolute Gasteiger partial charge is 0.387 e. The summed E-state index contributed by atoms with van der Waals surface area (Å²) in [6, 6.07) is 1.92. The number of rotatable bonds is 6. The van der Waals surface area contributed by atoms with Gasteiger partial charge in [-0.05, 0) is 47.7 Å². The molecule has 0 radical (unpaired) electrons. The van der Waals surface area contributed by atoms with Crippen molar-refractivity contribution >= 4 is 21.4 Å². The number of thiophene rings is 1. The molecule has 0 amide bonds. The van der Waals surface area contributed by atoms with Gasteiger partial charge in [-0.25, -0.2) is 12.7 Å². The number of aliphatic hydroxyl groups is 1. The standard InChI is InChI=1S/C13H22N2O3S2/c1-20(17,18)15-5-2-3-11(9-15)7-14-8-13(16)12-4-6-19-10-12/h4,6,10-11,13-14,16H,2-3,5,7-9H2,1H3. The lowest BCUT2D eigenvalue weighted by atomic mass is 9.99. The second-order valence-corrected chi connectivity index (χ2v) is 8.12. The van der Waals surface area contributed by atoms with Crippen LogP contribution in [0.1, 0.15) is 24.5 Å². The van der Waals surface area contributed by atoms with E-state index in [4.69, 9.17) is 0 Å². The molecule has 114 valence electrons. The molecule has 0 bridgehead atoms. The summed E-state index contributed by atoms with van der Waals surface area (Å²) >= 11 is 1.57. The molecule has 2 atom stereocenters. The predicted molar refractivity (Wildman–Crippen MR) is 81.3 cm³/mol. The number of aliphatic hydroxyl groups excluding tert-OH is 1. The first-order valence-electron chi connectivity index (χ1n) is 6.83. The van der Waals surface area contributed by atoms with Crippen molar-refractivity contribution < 1.29 is 13.5 Å². The molecule has 5 nitrogen and oxygen atoms in total. The number of sulfonamides is 1. The minimum atomic E-state index is -3.08. The van der Waals surface area contributed by atoms with Crippen LogP contribution < -0.4 is 5.32 Å². The molecule has 1 aliphatic rings. The van der Waals surface area contributed by atoms with Crippen molar-refractivity contribution in [3.05, 3.63) is 22.4 Å². The van der Waals surface area contributed by atoms with Crippen LogP contribution in [0.3, 0.4) is 0 Å². The van der Waals surface area contributed by atoms with Gasteiger partial charge in [0.1, 0.15) is 0 Å². The highest BCUT2D eigenvalue weighted by Gasteiger charge is 2.25. The van der Waals surface area contributed by atoms with E-state index in [1.54, 1.807) is 15.6 Å². The molecule has 1 aromatic heterocycles. The molecule has 7 heteroatoms. The normalized spacial score (nSPS) is 22.8. The Morgan fingerprint density at radius 2 is 2.40 bits per heavy atom. The van der Waals surface area contributed by atoms with Crippen LogP contribution in [0.5, 0.6) is 0 Å². The molecule has 1 aromatic rings. The maximum absolute atomic E-state index is 11.5. The highest BCUT2D eigenvalue weighted by atomic mass is 32.2. The fraction of sp³-hybridized carbons (Fsp3) is 0.692. The summed E-state index contributed by atoms with van der Waals surface area (Å²) < 4.78 is 24.6. The highest BCUT2D eigenvalue weighted by Crippen LogP contribution is 2.19. The lowest BCUT2D eigenvalue weighted by molar-refractivity contribution is 0.169. The quantitative estimate of drug-likeness (QED) is 0.822. The van der Waals surface area contributed by atoms with Gasteiger partial charge in [0, 0.05) is 19.6 Å². The van der Waals surface area contributed by atoms with Crippen LogP contribution >= 0.6 is 11.3 Å². The van der Waals surface area contributed by atoms with Crippen molar-refractivity contribution in [1.29, 1.82) is 0 Å². The maximum atomic E-state index is 11.5. The third kappa shape index (κ3) is 4.53. The number of hydrogen-bond donors (Lipinski definition) is 2. The summed E-state index contributed by atoms with van der Waals surface area (Å²) in [7, 11) is -3.08. The Morgan fingerprint density at radius 3 is 3.05 bits per heavy atom. The van der Waals surface area contributed by atoms with Crippen molar-refractivity contribution in [2.45, 2.75) is 18.9 Å². The summed E-state index contributed by atoms with van der Waals surface area (Å²) in [5.74, 6) is 0.327. The van der Waals surface area contributed by atoms with Crippen molar-refractivity contribution in [2.24, 2.45) is 5.92 Å². The van der Waals surface area contributed by atoms with E-state index in [0.29, 0.717) is 25.6 Å². The summed E-state index contributed by atoms with van der Waals surface area (Å²) in [6.45, 7) is 2.46. The Bertz CT molecular complexity index is 502. The average molecular weight is 318 g/mol. The van der Waals surface area contributed by atoms with Crippen molar-refractivity contribution in [3.63, 3.8) is 0 Å². The Hall–Kier alpha value is -0.470. The molecule has 1 aliphatic heterocycles. The first-order valence-corrected chi connectivity index (χ1v) is 9.62. The smallest absolute Gasteiger partial charge is 0.211 e. The third-order valence-corrected chi connectivity index (χ3v) is 5.62. The average Bonchev–Trinajstić information content (AvgIpc) is 2.92. The first kappa shape index (κ1) is 15.9. The Labute approximate surface area is 124 Å². The van der Waals surface area contributed by atoms with E-state index in [-0.39, 0.29) is 0 Å². The van der Waals surface area contributed by atoms with Gasteiger partial charge < -0.3 is 10.4 Å². The van der Waals surface area contributed by atoms with Crippen LogP contribution in [-0.4, -0.2) is 50.3 Å².